The predicted octanol–water partition coefficient (Wildman–Crippen LogP) is 4.67. The van der Waals surface area contributed by atoms with Gasteiger partial charge in [-0.05, 0) is 48.9 Å². The fourth-order valence-electron chi connectivity index (χ4n) is 2.05. The lowest BCUT2D eigenvalue weighted by molar-refractivity contribution is -0.0429. The predicted molar refractivity (Wildman–Crippen MR) is 98.7 cm³/mol. The lowest BCUT2D eigenvalue weighted by Gasteiger charge is -2.15. The van der Waals surface area contributed by atoms with Gasteiger partial charge in [0.1, 0.15) is 0 Å². The molecule has 2 aromatic rings. The number of rotatable bonds is 6. The molecule has 0 spiro atoms. The molecule has 0 unspecified atom stereocenters. The van der Waals surface area contributed by atoms with Gasteiger partial charge in [0.15, 0.2) is 5.75 Å². The number of hydrogen-bond acceptors (Lipinski definition) is 5. The Kier molecular flexibility index (Phi) is 6.53. The molecule has 2 rings (SSSR count). The van der Waals surface area contributed by atoms with Crippen molar-refractivity contribution in [1.29, 1.82) is 5.26 Å². The standard InChI is InChI=1S/C17H13ClF3N3O3S/c1-2-15(23-27-13-6-3-11(10-22)4-7-13)14-9-12(18)5-8-16(14)24-28(25,26)17(19,20)21/h3-9,24H,2H2,1H3/b23-15+. The number of sulfonamides is 1. The fraction of sp³-hybridized carbons (Fsp3) is 0.176. The zero-order valence-electron chi connectivity index (χ0n) is 14.3. The number of nitrogens with one attached hydrogen (secondary N) is 1. The molecule has 0 radical (unpaired) electrons. The second-order valence-electron chi connectivity index (χ2n) is 5.36. The van der Waals surface area contributed by atoms with Crippen LogP contribution in [-0.4, -0.2) is 19.6 Å². The summed E-state index contributed by atoms with van der Waals surface area (Å²) in [5.41, 5.74) is -5.22. The smallest absolute Gasteiger partial charge is 0.357 e. The van der Waals surface area contributed by atoms with E-state index in [-0.39, 0.29) is 34.2 Å². The molecule has 6 nitrogen and oxygen atoms in total. The minimum Gasteiger partial charge on any atom is -0.357 e. The molecule has 0 amide bonds. The number of nitriles is 1. The van der Waals surface area contributed by atoms with E-state index in [1.807, 2.05) is 6.07 Å². The van der Waals surface area contributed by atoms with Crippen molar-refractivity contribution in [2.45, 2.75) is 18.9 Å². The third-order valence-electron chi connectivity index (χ3n) is 3.42. The van der Waals surface area contributed by atoms with Crippen molar-refractivity contribution in [3.05, 3.63) is 58.6 Å². The van der Waals surface area contributed by atoms with Gasteiger partial charge in [-0.1, -0.05) is 23.7 Å². The highest BCUT2D eigenvalue weighted by Gasteiger charge is 2.46. The first kappa shape index (κ1) is 21.5. The summed E-state index contributed by atoms with van der Waals surface area (Å²) in [5, 5.41) is 12.8. The summed E-state index contributed by atoms with van der Waals surface area (Å²) in [4.78, 5) is 5.24. The third kappa shape index (κ3) is 5.15. The molecule has 0 aromatic heterocycles. The van der Waals surface area contributed by atoms with Crippen LogP contribution in [-0.2, 0) is 10.0 Å². The van der Waals surface area contributed by atoms with Crippen LogP contribution in [0.5, 0.6) is 5.75 Å². The van der Waals surface area contributed by atoms with Crippen molar-refractivity contribution >= 4 is 33.0 Å². The molecule has 0 saturated carbocycles. The second kappa shape index (κ2) is 8.50. The SMILES string of the molecule is CC/C(=N\Oc1ccc(C#N)cc1)c1cc(Cl)ccc1NS(=O)(=O)C(F)(F)F. The van der Waals surface area contributed by atoms with Gasteiger partial charge >= 0.3 is 15.5 Å². The normalized spacial score (nSPS) is 12.4. The topological polar surface area (TPSA) is 91.5 Å². The van der Waals surface area contributed by atoms with Crippen LogP contribution in [0, 0.1) is 11.3 Å². The first-order valence-electron chi connectivity index (χ1n) is 7.70. The Bertz CT molecular complexity index is 1030. The van der Waals surface area contributed by atoms with Gasteiger partial charge in [0.2, 0.25) is 0 Å². The Balaban J connectivity index is 2.39. The lowest BCUT2D eigenvalue weighted by atomic mass is 10.1. The van der Waals surface area contributed by atoms with Gasteiger partial charge in [0.25, 0.3) is 0 Å². The Morgan fingerprint density at radius 3 is 2.43 bits per heavy atom. The molecule has 1 N–H and O–H groups in total. The maximum atomic E-state index is 12.7. The maximum absolute atomic E-state index is 12.7. The van der Waals surface area contributed by atoms with Gasteiger partial charge in [-0.15, -0.1) is 0 Å². The molecule has 28 heavy (non-hydrogen) atoms. The highest BCUT2D eigenvalue weighted by atomic mass is 35.5. The highest BCUT2D eigenvalue weighted by molar-refractivity contribution is 7.93. The summed E-state index contributed by atoms with van der Waals surface area (Å²) < 4.78 is 62.5. The monoisotopic (exact) mass is 431 g/mol. The molecule has 0 bridgehead atoms. The van der Waals surface area contributed by atoms with E-state index in [4.69, 9.17) is 21.7 Å². The van der Waals surface area contributed by atoms with E-state index < -0.39 is 15.5 Å². The zero-order chi connectivity index (χ0) is 20.9. The van der Waals surface area contributed by atoms with Gasteiger partial charge in [0, 0.05) is 10.6 Å². The van der Waals surface area contributed by atoms with E-state index in [9.17, 15) is 21.6 Å². The largest absolute Gasteiger partial charge is 0.516 e. The average Bonchev–Trinajstić information content (AvgIpc) is 2.63. The summed E-state index contributed by atoms with van der Waals surface area (Å²) in [6.07, 6.45) is 0.206. The Morgan fingerprint density at radius 1 is 1.25 bits per heavy atom. The van der Waals surface area contributed by atoms with Crippen molar-refractivity contribution < 1.29 is 26.4 Å². The van der Waals surface area contributed by atoms with Crippen LogP contribution in [0.15, 0.2) is 47.6 Å². The Labute approximate surface area is 164 Å². The van der Waals surface area contributed by atoms with E-state index in [0.29, 0.717) is 5.56 Å². The number of hydrogen-bond donors (Lipinski definition) is 1. The summed E-state index contributed by atoms with van der Waals surface area (Å²) in [5.74, 6) is 0.282. The summed E-state index contributed by atoms with van der Waals surface area (Å²) >= 11 is 5.90. The zero-order valence-corrected chi connectivity index (χ0v) is 15.9. The van der Waals surface area contributed by atoms with Crippen LogP contribution < -0.4 is 9.56 Å². The summed E-state index contributed by atoms with van der Waals surface area (Å²) in [6.45, 7) is 1.66. The molecule has 0 aliphatic rings. The van der Waals surface area contributed by atoms with Crippen LogP contribution in [0.1, 0.15) is 24.5 Å². The number of halogens is 4. The van der Waals surface area contributed by atoms with Gasteiger partial charge in [-0.3, -0.25) is 4.72 Å². The maximum Gasteiger partial charge on any atom is 0.516 e. The molecule has 0 aliphatic heterocycles. The van der Waals surface area contributed by atoms with Crippen molar-refractivity contribution in [3.8, 4) is 11.8 Å². The quantitative estimate of drug-likeness (QED) is 0.531. The Hall–Kier alpha value is -2.77. The minimum absolute atomic E-state index is 0.0384. The van der Waals surface area contributed by atoms with Gasteiger partial charge < -0.3 is 4.84 Å². The van der Waals surface area contributed by atoms with Crippen LogP contribution in [0.25, 0.3) is 0 Å². The third-order valence-corrected chi connectivity index (χ3v) is 4.75. The van der Waals surface area contributed by atoms with E-state index in [0.717, 1.165) is 6.07 Å². The van der Waals surface area contributed by atoms with Crippen LogP contribution in [0.3, 0.4) is 0 Å². The van der Waals surface area contributed by atoms with E-state index in [1.165, 1.54) is 41.1 Å². The molecule has 0 fully saturated rings. The molecule has 0 aliphatic carbocycles. The summed E-state index contributed by atoms with van der Waals surface area (Å²) in [7, 11) is -5.62. The molecule has 2 aromatic carbocycles. The minimum atomic E-state index is -5.62. The average molecular weight is 432 g/mol. The van der Waals surface area contributed by atoms with Gasteiger partial charge in [-0.25, -0.2) is 0 Å². The molecule has 148 valence electrons. The Morgan fingerprint density at radius 2 is 1.89 bits per heavy atom. The molecule has 11 heteroatoms. The molecule has 0 atom stereocenters. The van der Waals surface area contributed by atoms with E-state index in [2.05, 4.69) is 5.16 Å². The molecule has 0 heterocycles. The first-order chi connectivity index (χ1) is 13.1. The van der Waals surface area contributed by atoms with Gasteiger partial charge in [-0.2, -0.15) is 26.9 Å². The van der Waals surface area contributed by atoms with E-state index in [1.54, 1.807) is 6.92 Å². The second-order valence-corrected chi connectivity index (χ2v) is 7.47. The first-order valence-corrected chi connectivity index (χ1v) is 9.56. The molecular formula is C17H13ClF3N3O3S. The van der Waals surface area contributed by atoms with Crippen LogP contribution >= 0.6 is 11.6 Å². The fourth-order valence-corrected chi connectivity index (χ4v) is 2.80. The molecule has 0 saturated heterocycles. The highest BCUT2D eigenvalue weighted by Crippen LogP contribution is 2.29. The number of oxime groups is 1. The molecular weight excluding hydrogens is 419 g/mol. The summed E-state index contributed by atoms with van der Waals surface area (Å²) in [6, 6.07) is 11.5. The van der Waals surface area contributed by atoms with Crippen molar-refractivity contribution in [2.75, 3.05) is 4.72 Å². The number of nitrogens with zero attached hydrogens (tertiary/aromatic N) is 2. The number of anilines is 1. The number of alkyl halides is 3. The van der Waals surface area contributed by atoms with Crippen LogP contribution in [0.4, 0.5) is 18.9 Å². The van der Waals surface area contributed by atoms with Crippen molar-refractivity contribution in [3.63, 3.8) is 0 Å². The van der Waals surface area contributed by atoms with Crippen molar-refractivity contribution in [1.82, 2.24) is 0 Å². The number of benzene rings is 2. The van der Waals surface area contributed by atoms with Gasteiger partial charge in [0.05, 0.1) is 23.0 Å². The van der Waals surface area contributed by atoms with Crippen LogP contribution in [0.2, 0.25) is 5.02 Å². The lowest BCUT2D eigenvalue weighted by Crippen LogP contribution is -2.30. The van der Waals surface area contributed by atoms with E-state index >= 15 is 0 Å². The van der Waals surface area contributed by atoms with Crippen molar-refractivity contribution in [2.24, 2.45) is 5.16 Å².